The fourth-order valence-electron chi connectivity index (χ4n) is 1.09. The molecule has 0 aliphatic carbocycles. The molecule has 82 valence electrons. The van der Waals surface area contributed by atoms with Crippen LogP contribution in [0.25, 0.3) is 6.08 Å². The van der Waals surface area contributed by atoms with Crippen LogP contribution in [0.1, 0.15) is 12.5 Å². The average molecular weight is 214 g/mol. The number of nitriles is 1. The second-order valence-corrected chi connectivity index (χ2v) is 3.52. The van der Waals surface area contributed by atoms with Crippen LogP contribution in [-0.4, -0.2) is 12.5 Å². The van der Waals surface area contributed by atoms with E-state index in [4.69, 9.17) is 5.26 Å². The van der Waals surface area contributed by atoms with Crippen molar-refractivity contribution in [2.45, 2.75) is 6.92 Å². The predicted octanol–water partition coefficient (Wildman–Crippen LogP) is 1.98. The maximum Gasteiger partial charge on any atom is 0.244 e. The summed E-state index contributed by atoms with van der Waals surface area (Å²) >= 11 is 0. The fraction of sp³-hybridized carbons (Fsp3) is 0.231. The number of nitrogens with zero attached hydrogens (tertiary/aromatic N) is 1. The van der Waals surface area contributed by atoms with E-state index in [1.54, 1.807) is 13.0 Å². The number of hydrogen-bond donors (Lipinski definition) is 1. The Balaban J connectivity index is 2.41. The Morgan fingerprint density at radius 3 is 2.81 bits per heavy atom. The second kappa shape index (κ2) is 6.41. The Labute approximate surface area is 95.4 Å². The minimum absolute atomic E-state index is 0.158. The molecule has 0 heterocycles. The highest BCUT2D eigenvalue weighted by molar-refractivity contribution is 5.91. The minimum Gasteiger partial charge on any atom is -0.351 e. The Morgan fingerprint density at radius 2 is 2.19 bits per heavy atom. The molecule has 1 aromatic carbocycles. The van der Waals surface area contributed by atoms with Gasteiger partial charge in [-0.1, -0.05) is 30.3 Å². The number of nitrogens with one attached hydrogen (secondary N) is 1. The summed E-state index contributed by atoms with van der Waals surface area (Å²) in [6.45, 7) is 2.15. The van der Waals surface area contributed by atoms with Crippen LogP contribution in [0.2, 0.25) is 0 Å². The van der Waals surface area contributed by atoms with Gasteiger partial charge in [-0.25, -0.2) is 0 Å². The van der Waals surface area contributed by atoms with Crippen molar-refractivity contribution in [2.75, 3.05) is 6.54 Å². The highest BCUT2D eigenvalue weighted by Gasteiger charge is 2.00. The molecule has 0 radical (unpaired) electrons. The Kier molecular flexibility index (Phi) is 4.81. The van der Waals surface area contributed by atoms with Crippen molar-refractivity contribution in [1.29, 1.82) is 5.26 Å². The summed E-state index contributed by atoms with van der Waals surface area (Å²) in [5.41, 5.74) is 0.978. The van der Waals surface area contributed by atoms with E-state index in [2.05, 4.69) is 11.4 Å². The molecule has 0 fully saturated rings. The lowest BCUT2D eigenvalue weighted by Crippen LogP contribution is -2.25. The van der Waals surface area contributed by atoms with Gasteiger partial charge >= 0.3 is 0 Å². The third-order valence-corrected chi connectivity index (χ3v) is 2.03. The molecule has 1 amide bonds. The summed E-state index contributed by atoms with van der Waals surface area (Å²) in [5.74, 6) is -0.333. The van der Waals surface area contributed by atoms with E-state index < -0.39 is 0 Å². The summed E-state index contributed by atoms with van der Waals surface area (Å²) < 4.78 is 0. The van der Waals surface area contributed by atoms with Gasteiger partial charge in [0.1, 0.15) is 0 Å². The van der Waals surface area contributed by atoms with Crippen molar-refractivity contribution in [3.63, 3.8) is 0 Å². The van der Waals surface area contributed by atoms with Crippen LogP contribution in [0.15, 0.2) is 36.4 Å². The summed E-state index contributed by atoms with van der Waals surface area (Å²) in [7, 11) is 0. The van der Waals surface area contributed by atoms with Crippen LogP contribution >= 0.6 is 0 Å². The van der Waals surface area contributed by atoms with Gasteiger partial charge < -0.3 is 5.32 Å². The van der Waals surface area contributed by atoms with Crippen LogP contribution < -0.4 is 5.32 Å². The van der Waals surface area contributed by atoms with Crippen molar-refractivity contribution >= 4 is 12.0 Å². The largest absolute Gasteiger partial charge is 0.351 e. The second-order valence-electron chi connectivity index (χ2n) is 3.52. The maximum absolute atomic E-state index is 11.3. The van der Waals surface area contributed by atoms with Crippen LogP contribution in [-0.2, 0) is 4.79 Å². The number of amides is 1. The number of hydrogen-bond acceptors (Lipinski definition) is 2. The number of benzene rings is 1. The molecule has 3 nitrogen and oxygen atoms in total. The van der Waals surface area contributed by atoms with E-state index in [9.17, 15) is 4.79 Å². The summed E-state index contributed by atoms with van der Waals surface area (Å²) in [5, 5.41) is 11.2. The van der Waals surface area contributed by atoms with Crippen LogP contribution in [0.5, 0.6) is 0 Å². The smallest absolute Gasteiger partial charge is 0.244 e. The first-order valence-electron chi connectivity index (χ1n) is 5.13. The monoisotopic (exact) mass is 214 g/mol. The quantitative estimate of drug-likeness (QED) is 0.779. The lowest BCUT2D eigenvalue weighted by atomic mass is 10.2. The average Bonchev–Trinajstić information content (AvgIpc) is 2.34. The number of rotatable bonds is 4. The van der Waals surface area contributed by atoms with Gasteiger partial charge in [-0.05, 0) is 18.6 Å². The SMILES string of the molecule is C[C@@H](C#N)CNC(=O)/C=C\c1ccccc1. The van der Waals surface area contributed by atoms with Gasteiger partial charge in [-0.2, -0.15) is 5.26 Å². The molecule has 1 aromatic rings. The third-order valence-electron chi connectivity index (χ3n) is 2.03. The van der Waals surface area contributed by atoms with E-state index in [-0.39, 0.29) is 11.8 Å². The van der Waals surface area contributed by atoms with Gasteiger partial charge in [0.25, 0.3) is 0 Å². The zero-order valence-electron chi connectivity index (χ0n) is 9.18. The van der Waals surface area contributed by atoms with E-state index >= 15 is 0 Å². The Morgan fingerprint density at radius 1 is 1.50 bits per heavy atom. The van der Waals surface area contributed by atoms with Gasteiger partial charge in [-0.15, -0.1) is 0 Å². The highest BCUT2D eigenvalue weighted by atomic mass is 16.1. The van der Waals surface area contributed by atoms with Crippen molar-refractivity contribution in [3.8, 4) is 6.07 Å². The number of carbonyl (C=O) groups is 1. The molecule has 0 spiro atoms. The topological polar surface area (TPSA) is 52.9 Å². The lowest BCUT2D eigenvalue weighted by molar-refractivity contribution is -0.116. The van der Waals surface area contributed by atoms with E-state index in [1.165, 1.54) is 6.08 Å². The molecule has 0 bridgehead atoms. The van der Waals surface area contributed by atoms with Gasteiger partial charge in [0.2, 0.25) is 5.91 Å². The van der Waals surface area contributed by atoms with Crippen molar-refractivity contribution in [2.24, 2.45) is 5.92 Å². The normalized spacial score (nSPS) is 12.0. The fourth-order valence-corrected chi connectivity index (χ4v) is 1.09. The van der Waals surface area contributed by atoms with Crippen LogP contribution in [0, 0.1) is 17.2 Å². The highest BCUT2D eigenvalue weighted by Crippen LogP contribution is 2.00. The Hall–Kier alpha value is -2.08. The summed E-state index contributed by atoms with van der Waals surface area (Å²) in [4.78, 5) is 11.3. The molecule has 0 aromatic heterocycles. The van der Waals surface area contributed by atoms with E-state index in [0.29, 0.717) is 6.54 Å². The van der Waals surface area contributed by atoms with Gasteiger partial charge in [0, 0.05) is 12.6 Å². The molecule has 1 rings (SSSR count). The number of carbonyl (C=O) groups excluding carboxylic acids is 1. The molecule has 0 aliphatic heterocycles. The third kappa shape index (κ3) is 4.43. The van der Waals surface area contributed by atoms with Crippen molar-refractivity contribution in [3.05, 3.63) is 42.0 Å². The molecule has 0 saturated carbocycles. The first kappa shape index (κ1) is 12.0. The minimum atomic E-state index is -0.175. The summed E-state index contributed by atoms with van der Waals surface area (Å²) in [6, 6.07) is 11.6. The predicted molar refractivity (Wildman–Crippen MR) is 63.3 cm³/mol. The molecule has 1 atom stereocenters. The first-order valence-corrected chi connectivity index (χ1v) is 5.13. The molecule has 3 heteroatoms. The van der Waals surface area contributed by atoms with Crippen LogP contribution in [0.4, 0.5) is 0 Å². The zero-order valence-corrected chi connectivity index (χ0v) is 9.18. The molecule has 0 saturated heterocycles. The summed E-state index contributed by atoms with van der Waals surface area (Å²) in [6.07, 6.45) is 3.21. The van der Waals surface area contributed by atoms with Gasteiger partial charge in [0.15, 0.2) is 0 Å². The molecule has 0 unspecified atom stereocenters. The van der Waals surface area contributed by atoms with E-state index in [1.807, 2.05) is 30.3 Å². The lowest BCUT2D eigenvalue weighted by Gasteiger charge is -2.02. The molecular formula is C13H14N2O. The first-order chi connectivity index (χ1) is 7.72. The standard InChI is InChI=1S/C13H14N2O/c1-11(9-14)10-15-13(16)8-7-12-5-3-2-4-6-12/h2-8,11H,10H2,1H3,(H,15,16)/b8-7-/t11-/m0/s1. The van der Waals surface area contributed by atoms with Crippen molar-refractivity contribution < 1.29 is 4.79 Å². The zero-order chi connectivity index (χ0) is 11.8. The van der Waals surface area contributed by atoms with Gasteiger partial charge in [-0.3, -0.25) is 4.79 Å². The maximum atomic E-state index is 11.3. The molecular weight excluding hydrogens is 200 g/mol. The molecule has 1 N–H and O–H groups in total. The van der Waals surface area contributed by atoms with Gasteiger partial charge in [0.05, 0.1) is 12.0 Å². The Bertz CT molecular complexity index is 404. The molecule has 0 aliphatic rings. The van der Waals surface area contributed by atoms with Crippen LogP contribution in [0.3, 0.4) is 0 Å². The molecule has 16 heavy (non-hydrogen) atoms. The van der Waals surface area contributed by atoms with Crippen molar-refractivity contribution in [1.82, 2.24) is 5.32 Å². The van der Waals surface area contributed by atoms with E-state index in [0.717, 1.165) is 5.56 Å².